The van der Waals surface area contributed by atoms with E-state index in [2.05, 4.69) is 31.4 Å². The molecule has 1 rings (SSSR count). The minimum Gasteiger partial charge on any atom is -0.395 e. The number of rotatable bonds is 6. The zero-order chi connectivity index (χ0) is 12.0. The molecule has 0 bridgehead atoms. The Balaban J connectivity index is 2.25. The molecule has 16 heavy (non-hydrogen) atoms. The van der Waals surface area contributed by atoms with E-state index < -0.39 is 0 Å². The summed E-state index contributed by atoms with van der Waals surface area (Å²) < 4.78 is 5.42. The minimum atomic E-state index is 0.194. The number of morpholine rings is 1. The van der Waals surface area contributed by atoms with E-state index in [1.54, 1.807) is 0 Å². The summed E-state index contributed by atoms with van der Waals surface area (Å²) in [5.41, 5.74) is 0. The maximum Gasteiger partial charge on any atom is 0.0620 e. The second kappa shape index (κ2) is 7.22. The third kappa shape index (κ3) is 4.78. The molecule has 1 aliphatic heterocycles. The number of ether oxygens (including phenoxy) is 1. The van der Waals surface area contributed by atoms with Gasteiger partial charge in [0.05, 0.1) is 19.8 Å². The van der Waals surface area contributed by atoms with Gasteiger partial charge in [0.2, 0.25) is 0 Å². The average Bonchev–Trinajstić information content (AvgIpc) is 2.27. The van der Waals surface area contributed by atoms with Crippen molar-refractivity contribution in [1.29, 1.82) is 0 Å². The van der Waals surface area contributed by atoms with Gasteiger partial charge in [-0.1, -0.05) is 13.8 Å². The summed E-state index contributed by atoms with van der Waals surface area (Å²) in [5, 5.41) is 16.2. The van der Waals surface area contributed by atoms with Crippen molar-refractivity contribution in [3.05, 3.63) is 0 Å². The Morgan fingerprint density at radius 1 is 1.44 bits per heavy atom. The molecule has 0 aliphatic carbocycles. The van der Waals surface area contributed by atoms with E-state index in [1.165, 1.54) is 0 Å². The van der Waals surface area contributed by atoms with Gasteiger partial charge in [-0.25, -0.2) is 0 Å². The Labute approximate surface area is 98.8 Å². The van der Waals surface area contributed by atoms with Crippen molar-refractivity contribution in [2.45, 2.75) is 45.3 Å². The molecule has 1 fully saturated rings. The van der Waals surface area contributed by atoms with Gasteiger partial charge >= 0.3 is 0 Å². The lowest BCUT2D eigenvalue weighted by Crippen LogP contribution is -2.48. The Morgan fingerprint density at radius 3 is 2.69 bits per heavy atom. The van der Waals surface area contributed by atoms with Crippen molar-refractivity contribution in [3.63, 3.8) is 0 Å². The van der Waals surface area contributed by atoms with Gasteiger partial charge < -0.3 is 20.5 Å². The van der Waals surface area contributed by atoms with Crippen LogP contribution in [0.25, 0.3) is 0 Å². The fraction of sp³-hybridized carbons (Fsp3) is 1.00. The maximum absolute atomic E-state index is 9.25. The smallest absolute Gasteiger partial charge is 0.0620 e. The highest BCUT2D eigenvalue weighted by molar-refractivity contribution is 4.79. The second-order valence-corrected chi connectivity index (χ2v) is 5.06. The molecule has 0 radical (unpaired) electrons. The van der Waals surface area contributed by atoms with E-state index in [0.717, 1.165) is 26.2 Å². The first kappa shape index (κ1) is 13.9. The summed E-state index contributed by atoms with van der Waals surface area (Å²) in [6.07, 6.45) is 1.04. The van der Waals surface area contributed by atoms with Crippen LogP contribution in [0.2, 0.25) is 0 Å². The molecule has 1 saturated heterocycles. The Hall–Kier alpha value is -0.160. The van der Waals surface area contributed by atoms with Crippen LogP contribution in [0.3, 0.4) is 0 Å². The third-order valence-corrected chi connectivity index (χ3v) is 3.14. The predicted molar refractivity (Wildman–Crippen MR) is 65.5 cm³/mol. The van der Waals surface area contributed by atoms with Crippen LogP contribution < -0.4 is 10.6 Å². The molecule has 2 unspecified atom stereocenters. The molecule has 96 valence electrons. The molecule has 0 aromatic carbocycles. The molecule has 0 amide bonds. The van der Waals surface area contributed by atoms with Crippen molar-refractivity contribution in [1.82, 2.24) is 10.6 Å². The zero-order valence-electron chi connectivity index (χ0n) is 10.7. The fourth-order valence-corrected chi connectivity index (χ4v) is 2.09. The lowest BCUT2D eigenvalue weighted by atomic mass is 10.0. The number of hydrogen-bond donors (Lipinski definition) is 3. The highest BCUT2D eigenvalue weighted by atomic mass is 16.5. The first-order valence-electron chi connectivity index (χ1n) is 6.31. The van der Waals surface area contributed by atoms with Gasteiger partial charge in [0.1, 0.15) is 0 Å². The van der Waals surface area contributed by atoms with Crippen molar-refractivity contribution >= 4 is 0 Å². The van der Waals surface area contributed by atoms with Crippen molar-refractivity contribution < 1.29 is 9.84 Å². The van der Waals surface area contributed by atoms with E-state index in [9.17, 15) is 5.11 Å². The fourth-order valence-electron chi connectivity index (χ4n) is 2.09. The first-order chi connectivity index (χ1) is 7.63. The van der Waals surface area contributed by atoms with Gasteiger partial charge in [0.15, 0.2) is 0 Å². The zero-order valence-corrected chi connectivity index (χ0v) is 10.7. The van der Waals surface area contributed by atoms with Crippen molar-refractivity contribution in [2.75, 3.05) is 26.4 Å². The lowest BCUT2D eigenvalue weighted by Gasteiger charge is -2.30. The number of hydrogen-bond acceptors (Lipinski definition) is 4. The van der Waals surface area contributed by atoms with Crippen LogP contribution in [0, 0.1) is 5.92 Å². The van der Waals surface area contributed by atoms with Gasteiger partial charge in [-0.2, -0.15) is 0 Å². The van der Waals surface area contributed by atoms with Crippen LogP contribution >= 0.6 is 0 Å². The standard InChI is InChI=1S/C12H26N2O2/c1-9(2)12(7-15)14-10(3)6-11-8-16-5-4-13-11/h9-15H,4-8H2,1-3H3/t10?,11?,12-/m1/s1. The monoisotopic (exact) mass is 230 g/mol. The molecule has 0 aromatic heterocycles. The second-order valence-electron chi connectivity index (χ2n) is 5.06. The summed E-state index contributed by atoms with van der Waals surface area (Å²) in [7, 11) is 0. The molecular formula is C12H26N2O2. The summed E-state index contributed by atoms with van der Waals surface area (Å²) in [5.74, 6) is 0.461. The quantitative estimate of drug-likeness (QED) is 0.617. The largest absolute Gasteiger partial charge is 0.395 e. The van der Waals surface area contributed by atoms with Crippen LogP contribution in [0.5, 0.6) is 0 Å². The Kier molecular flexibility index (Phi) is 6.28. The van der Waals surface area contributed by atoms with E-state index in [4.69, 9.17) is 4.74 Å². The molecule has 4 heteroatoms. The topological polar surface area (TPSA) is 53.5 Å². The normalized spacial score (nSPS) is 25.7. The molecule has 1 aliphatic rings. The molecule has 4 nitrogen and oxygen atoms in total. The molecule has 0 saturated carbocycles. The SMILES string of the molecule is CC(CC1COCCN1)N[C@H](CO)C(C)C. The van der Waals surface area contributed by atoms with Gasteiger partial charge in [-0.05, 0) is 19.3 Å². The van der Waals surface area contributed by atoms with E-state index in [0.29, 0.717) is 18.0 Å². The molecule has 3 N–H and O–H groups in total. The Morgan fingerprint density at radius 2 is 2.19 bits per heavy atom. The van der Waals surface area contributed by atoms with Crippen LogP contribution in [0.1, 0.15) is 27.2 Å². The Bertz CT molecular complexity index is 182. The number of aliphatic hydroxyl groups is 1. The molecule has 3 atom stereocenters. The number of nitrogens with one attached hydrogen (secondary N) is 2. The number of aliphatic hydroxyl groups excluding tert-OH is 1. The average molecular weight is 230 g/mol. The van der Waals surface area contributed by atoms with Crippen LogP contribution in [0.4, 0.5) is 0 Å². The minimum absolute atomic E-state index is 0.194. The van der Waals surface area contributed by atoms with E-state index in [-0.39, 0.29) is 12.6 Å². The summed E-state index contributed by atoms with van der Waals surface area (Å²) in [4.78, 5) is 0. The summed E-state index contributed by atoms with van der Waals surface area (Å²) in [6, 6.07) is 1.04. The summed E-state index contributed by atoms with van der Waals surface area (Å²) >= 11 is 0. The van der Waals surface area contributed by atoms with Crippen LogP contribution in [-0.4, -0.2) is 49.6 Å². The first-order valence-corrected chi connectivity index (χ1v) is 6.31. The van der Waals surface area contributed by atoms with Gasteiger partial charge in [-0.15, -0.1) is 0 Å². The molecule has 1 heterocycles. The van der Waals surface area contributed by atoms with Crippen LogP contribution in [-0.2, 0) is 4.74 Å². The van der Waals surface area contributed by atoms with Crippen LogP contribution in [0.15, 0.2) is 0 Å². The highest BCUT2D eigenvalue weighted by Crippen LogP contribution is 2.07. The summed E-state index contributed by atoms with van der Waals surface area (Å²) in [6.45, 7) is 9.20. The van der Waals surface area contributed by atoms with Gasteiger partial charge in [-0.3, -0.25) is 0 Å². The highest BCUT2D eigenvalue weighted by Gasteiger charge is 2.19. The lowest BCUT2D eigenvalue weighted by molar-refractivity contribution is 0.0696. The van der Waals surface area contributed by atoms with Crippen molar-refractivity contribution in [3.8, 4) is 0 Å². The van der Waals surface area contributed by atoms with Crippen molar-refractivity contribution in [2.24, 2.45) is 5.92 Å². The van der Waals surface area contributed by atoms with E-state index in [1.807, 2.05) is 0 Å². The van der Waals surface area contributed by atoms with E-state index >= 15 is 0 Å². The third-order valence-electron chi connectivity index (χ3n) is 3.14. The maximum atomic E-state index is 9.25. The van der Waals surface area contributed by atoms with Gasteiger partial charge in [0, 0.05) is 24.7 Å². The molecule has 0 spiro atoms. The predicted octanol–water partition coefficient (Wildman–Crippen LogP) is 0.360. The molecule has 0 aromatic rings. The van der Waals surface area contributed by atoms with Gasteiger partial charge in [0.25, 0.3) is 0 Å². The molecular weight excluding hydrogens is 204 g/mol.